The SMILES string of the molecule is COc1c(C)cc(C(=O)NC2CN(C(=O)CO)c3ccccc3N(CC(=O)NCC=O)C2=O)cc1C. The van der Waals surface area contributed by atoms with Crippen molar-refractivity contribution >= 4 is 41.3 Å². The number of amides is 4. The van der Waals surface area contributed by atoms with Crippen molar-refractivity contribution in [3.05, 3.63) is 53.1 Å². The maximum atomic E-state index is 13.6. The summed E-state index contributed by atoms with van der Waals surface area (Å²) >= 11 is 0. The summed E-state index contributed by atoms with van der Waals surface area (Å²) < 4.78 is 5.34. The molecule has 0 bridgehead atoms. The largest absolute Gasteiger partial charge is 0.496 e. The normalized spacial score (nSPS) is 15.0. The summed E-state index contributed by atoms with van der Waals surface area (Å²) in [6.07, 6.45) is 0.513. The number of aldehydes is 1. The molecule has 0 spiro atoms. The molecule has 0 saturated heterocycles. The Morgan fingerprint density at radius 1 is 1.14 bits per heavy atom. The third kappa shape index (κ3) is 5.52. The molecule has 1 heterocycles. The van der Waals surface area contributed by atoms with Crippen LogP contribution in [0.1, 0.15) is 21.5 Å². The first-order chi connectivity index (χ1) is 17.2. The Bertz CT molecular complexity index is 1170. The van der Waals surface area contributed by atoms with Crippen LogP contribution in [0.25, 0.3) is 0 Å². The van der Waals surface area contributed by atoms with Crippen LogP contribution in [0.2, 0.25) is 0 Å². The smallest absolute Gasteiger partial charge is 0.252 e. The first-order valence-electron chi connectivity index (χ1n) is 11.2. The minimum Gasteiger partial charge on any atom is -0.496 e. The summed E-state index contributed by atoms with van der Waals surface area (Å²) in [5.41, 5.74) is 2.29. The average molecular weight is 497 g/mol. The van der Waals surface area contributed by atoms with E-state index in [9.17, 15) is 29.1 Å². The summed E-state index contributed by atoms with van der Waals surface area (Å²) in [6, 6.07) is 8.42. The molecule has 1 unspecified atom stereocenters. The van der Waals surface area contributed by atoms with Gasteiger partial charge in [0.2, 0.25) is 5.91 Å². The van der Waals surface area contributed by atoms with Gasteiger partial charge in [-0.05, 0) is 49.2 Å². The molecule has 11 heteroatoms. The second-order valence-electron chi connectivity index (χ2n) is 8.22. The van der Waals surface area contributed by atoms with Gasteiger partial charge < -0.3 is 30.2 Å². The number of fused-ring (bicyclic) bond motifs is 1. The monoisotopic (exact) mass is 496 g/mol. The molecule has 0 fully saturated rings. The summed E-state index contributed by atoms with van der Waals surface area (Å²) in [5, 5.41) is 14.6. The Kier molecular flexibility index (Phi) is 8.38. The number of carbonyl (C=O) groups is 5. The lowest BCUT2D eigenvalue weighted by Crippen LogP contribution is -2.54. The number of aryl methyl sites for hydroxylation is 2. The predicted molar refractivity (Wildman–Crippen MR) is 131 cm³/mol. The Morgan fingerprint density at radius 2 is 1.78 bits per heavy atom. The van der Waals surface area contributed by atoms with Gasteiger partial charge in [-0.2, -0.15) is 0 Å². The molecular formula is C25H28N4O7. The highest BCUT2D eigenvalue weighted by Gasteiger charge is 2.37. The maximum absolute atomic E-state index is 13.6. The van der Waals surface area contributed by atoms with Gasteiger partial charge in [0.15, 0.2) is 0 Å². The third-order valence-electron chi connectivity index (χ3n) is 5.75. The number of hydrogen-bond acceptors (Lipinski definition) is 7. The van der Waals surface area contributed by atoms with Gasteiger partial charge in [-0.15, -0.1) is 0 Å². The molecule has 0 radical (unpaired) electrons. The Labute approximate surface area is 208 Å². The van der Waals surface area contributed by atoms with Crippen molar-refractivity contribution in [3.8, 4) is 5.75 Å². The Morgan fingerprint density at radius 3 is 2.36 bits per heavy atom. The molecule has 1 atom stereocenters. The number of nitrogens with zero attached hydrogens (tertiary/aromatic N) is 2. The van der Waals surface area contributed by atoms with Crippen LogP contribution in [0, 0.1) is 13.8 Å². The average Bonchev–Trinajstić information content (AvgIpc) is 2.97. The van der Waals surface area contributed by atoms with Gasteiger partial charge in [-0.1, -0.05) is 12.1 Å². The quantitative estimate of drug-likeness (QED) is 0.440. The second kappa shape index (κ2) is 11.5. The van der Waals surface area contributed by atoms with E-state index in [1.54, 1.807) is 50.2 Å². The van der Waals surface area contributed by atoms with Gasteiger partial charge in [0, 0.05) is 5.56 Å². The Hall–Kier alpha value is -4.25. The summed E-state index contributed by atoms with van der Waals surface area (Å²) in [4.78, 5) is 64.8. The third-order valence-corrected chi connectivity index (χ3v) is 5.75. The van der Waals surface area contributed by atoms with Crippen LogP contribution >= 0.6 is 0 Å². The van der Waals surface area contributed by atoms with Crippen molar-refractivity contribution in [1.82, 2.24) is 10.6 Å². The van der Waals surface area contributed by atoms with Crippen LogP contribution in [0.3, 0.4) is 0 Å². The number of aliphatic hydroxyl groups is 1. The number of rotatable bonds is 8. The van der Waals surface area contributed by atoms with Crippen molar-refractivity contribution in [2.24, 2.45) is 0 Å². The van der Waals surface area contributed by atoms with E-state index in [2.05, 4.69) is 10.6 Å². The summed E-state index contributed by atoms with van der Waals surface area (Å²) in [6.45, 7) is 1.82. The fourth-order valence-corrected chi connectivity index (χ4v) is 4.18. The second-order valence-corrected chi connectivity index (χ2v) is 8.22. The molecule has 3 rings (SSSR count). The topological polar surface area (TPSA) is 145 Å². The van der Waals surface area contributed by atoms with E-state index in [-0.39, 0.29) is 24.3 Å². The van der Waals surface area contributed by atoms with Gasteiger partial charge >= 0.3 is 0 Å². The van der Waals surface area contributed by atoms with Crippen LogP contribution in [0.4, 0.5) is 11.4 Å². The zero-order valence-electron chi connectivity index (χ0n) is 20.2. The van der Waals surface area contributed by atoms with E-state index in [1.165, 1.54) is 12.0 Å². The molecule has 3 N–H and O–H groups in total. The number of methoxy groups -OCH3 is 1. The zero-order chi connectivity index (χ0) is 26.4. The minimum absolute atomic E-state index is 0.228. The first kappa shape index (κ1) is 26.4. The fourth-order valence-electron chi connectivity index (χ4n) is 4.18. The van der Waals surface area contributed by atoms with E-state index < -0.39 is 42.8 Å². The highest BCUT2D eigenvalue weighted by Crippen LogP contribution is 2.33. The first-order valence-corrected chi connectivity index (χ1v) is 11.2. The lowest BCUT2D eigenvalue weighted by Gasteiger charge is -2.25. The lowest BCUT2D eigenvalue weighted by atomic mass is 10.0. The van der Waals surface area contributed by atoms with Gasteiger partial charge in [0.05, 0.1) is 31.6 Å². The minimum atomic E-state index is -1.23. The standard InChI is InChI=1S/C25H28N4O7/c1-15-10-17(11-16(2)23(15)36-3)24(34)27-18-12-28(22(33)14-31)19-6-4-5-7-20(19)29(25(18)35)13-21(32)26-8-9-30/h4-7,9-11,18,31H,8,12-14H2,1-3H3,(H,26,32)(H,27,34). The molecular weight excluding hydrogens is 468 g/mol. The predicted octanol–water partition coefficient (Wildman–Crippen LogP) is 0.0976. The number of aliphatic hydroxyl groups excluding tert-OH is 1. The van der Waals surface area contributed by atoms with Gasteiger partial charge in [0.1, 0.15) is 31.2 Å². The van der Waals surface area contributed by atoms with E-state index in [0.717, 1.165) is 16.0 Å². The number of benzene rings is 2. The molecule has 2 aromatic rings. The highest BCUT2D eigenvalue weighted by atomic mass is 16.5. The van der Waals surface area contributed by atoms with Crippen molar-refractivity contribution < 1.29 is 33.8 Å². The lowest BCUT2D eigenvalue weighted by molar-refractivity contribution is -0.125. The molecule has 190 valence electrons. The maximum Gasteiger partial charge on any atom is 0.252 e. The molecule has 0 aliphatic carbocycles. The van der Waals surface area contributed by atoms with Gasteiger partial charge in [-0.25, -0.2) is 0 Å². The molecule has 0 aromatic heterocycles. The van der Waals surface area contributed by atoms with E-state index >= 15 is 0 Å². The van der Waals surface area contributed by atoms with Crippen molar-refractivity contribution in [1.29, 1.82) is 0 Å². The van der Waals surface area contributed by atoms with Crippen molar-refractivity contribution in [3.63, 3.8) is 0 Å². The van der Waals surface area contributed by atoms with Crippen molar-refractivity contribution in [2.75, 3.05) is 43.2 Å². The highest BCUT2D eigenvalue weighted by molar-refractivity contribution is 6.11. The molecule has 1 aliphatic rings. The molecule has 2 aromatic carbocycles. The number of anilines is 2. The van der Waals surface area contributed by atoms with Crippen LogP contribution < -0.4 is 25.2 Å². The molecule has 11 nitrogen and oxygen atoms in total. The number of carbonyl (C=O) groups excluding carboxylic acids is 5. The van der Waals surface area contributed by atoms with Crippen LogP contribution in [0.15, 0.2) is 36.4 Å². The number of hydrogen-bond donors (Lipinski definition) is 3. The number of para-hydroxylation sites is 2. The van der Waals surface area contributed by atoms with E-state index in [1.807, 2.05) is 0 Å². The Balaban J connectivity index is 2.00. The van der Waals surface area contributed by atoms with Gasteiger partial charge in [0.25, 0.3) is 17.7 Å². The number of ether oxygens (including phenoxy) is 1. The zero-order valence-corrected chi connectivity index (χ0v) is 20.2. The molecule has 4 amide bonds. The van der Waals surface area contributed by atoms with Crippen LogP contribution in [-0.4, -0.2) is 74.4 Å². The summed E-state index contributed by atoms with van der Waals surface area (Å²) in [5.74, 6) is -1.83. The van der Waals surface area contributed by atoms with Crippen molar-refractivity contribution in [2.45, 2.75) is 19.9 Å². The number of nitrogens with one attached hydrogen (secondary N) is 2. The fraction of sp³-hybridized carbons (Fsp3) is 0.320. The van der Waals surface area contributed by atoms with Gasteiger partial charge in [-0.3, -0.25) is 24.1 Å². The van der Waals surface area contributed by atoms with E-state index in [4.69, 9.17) is 4.74 Å². The molecule has 0 saturated carbocycles. The summed E-state index contributed by atoms with van der Waals surface area (Å²) in [7, 11) is 1.53. The molecule has 1 aliphatic heterocycles. The van der Waals surface area contributed by atoms with E-state index in [0.29, 0.717) is 17.7 Å². The van der Waals surface area contributed by atoms with Crippen LogP contribution in [0.5, 0.6) is 5.75 Å². The van der Waals surface area contributed by atoms with Crippen LogP contribution in [-0.2, 0) is 19.2 Å². The molecule has 36 heavy (non-hydrogen) atoms.